The minimum absolute atomic E-state index is 0.569. The van der Waals surface area contributed by atoms with Crippen molar-refractivity contribution >= 4 is 12.0 Å². The number of anilines is 1. The summed E-state index contributed by atoms with van der Waals surface area (Å²) in [7, 11) is 0. The van der Waals surface area contributed by atoms with Gasteiger partial charge in [0.15, 0.2) is 0 Å². The molecular weight excluding hydrogens is 262 g/mol. The molecule has 2 aliphatic rings. The van der Waals surface area contributed by atoms with Gasteiger partial charge < -0.3 is 4.90 Å². The second-order valence-electron chi connectivity index (χ2n) is 5.97. The lowest BCUT2D eigenvalue weighted by Gasteiger charge is -2.39. The summed E-state index contributed by atoms with van der Waals surface area (Å²) in [5.41, 5.74) is 2.14. The van der Waals surface area contributed by atoms with Crippen molar-refractivity contribution in [3.63, 3.8) is 0 Å². The molecule has 0 atom stereocenters. The maximum atomic E-state index is 10.8. The van der Waals surface area contributed by atoms with Crippen LogP contribution in [-0.2, 0) is 0 Å². The zero-order chi connectivity index (χ0) is 14.7. The number of carbonyl (C=O) groups is 1. The van der Waals surface area contributed by atoms with Crippen molar-refractivity contribution in [2.24, 2.45) is 0 Å². The summed E-state index contributed by atoms with van der Waals surface area (Å²) in [5, 5.41) is 9.29. The third kappa shape index (κ3) is 2.93. The number of rotatable bonds is 3. The molecule has 0 N–H and O–H groups in total. The zero-order valence-electron chi connectivity index (χ0n) is 12.3. The number of carbonyl (C=O) groups excluding carboxylic acids is 1. The molecular formula is C17H21N3O. The minimum Gasteiger partial charge on any atom is -0.368 e. The van der Waals surface area contributed by atoms with Gasteiger partial charge in [-0.2, -0.15) is 5.26 Å². The third-order valence-corrected chi connectivity index (χ3v) is 4.77. The molecule has 110 valence electrons. The molecule has 1 saturated heterocycles. The predicted molar refractivity (Wildman–Crippen MR) is 82.6 cm³/mol. The number of hydrogen-bond acceptors (Lipinski definition) is 4. The van der Waals surface area contributed by atoms with Gasteiger partial charge in [0, 0.05) is 37.8 Å². The highest BCUT2D eigenvalue weighted by Gasteiger charge is 2.26. The number of benzene rings is 1. The van der Waals surface area contributed by atoms with Crippen molar-refractivity contribution in [3.05, 3.63) is 29.3 Å². The topological polar surface area (TPSA) is 47.3 Å². The van der Waals surface area contributed by atoms with Gasteiger partial charge in [0.25, 0.3) is 0 Å². The molecule has 0 spiro atoms. The van der Waals surface area contributed by atoms with Gasteiger partial charge in [-0.3, -0.25) is 9.69 Å². The first-order valence-corrected chi connectivity index (χ1v) is 7.80. The third-order valence-electron chi connectivity index (χ3n) is 4.77. The lowest BCUT2D eigenvalue weighted by Crippen LogP contribution is -2.49. The fraction of sp³-hybridized carbons (Fsp3) is 0.529. The van der Waals surface area contributed by atoms with Crippen LogP contribution in [0.2, 0.25) is 0 Å². The highest BCUT2D eigenvalue weighted by atomic mass is 16.1. The van der Waals surface area contributed by atoms with E-state index in [4.69, 9.17) is 0 Å². The molecule has 0 amide bonds. The summed E-state index contributed by atoms with van der Waals surface area (Å²) in [5.74, 6) is 0. The van der Waals surface area contributed by atoms with E-state index in [2.05, 4.69) is 15.9 Å². The Labute approximate surface area is 126 Å². The Kier molecular flexibility index (Phi) is 4.21. The van der Waals surface area contributed by atoms with Crippen LogP contribution >= 0.6 is 0 Å². The maximum absolute atomic E-state index is 10.8. The van der Waals surface area contributed by atoms with Crippen LogP contribution in [0.3, 0.4) is 0 Å². The molecule has 4 heteroatoms. The second-order valence-corrected chi connectivity index (χ2v) is 5.97. The molecule has 2 fully saturated rings. The van der Waals surface area contributed by atoms with Crippen LogP contribution in [0.25, 0.3) is 0 Å². The highest BCUT2D eigenvalue weighted by Crippen LogP contribution is 2.27. The van der Waals surface area contributed by atoms with E-state index in [-0.39, 0.29) is 0 Å². The minimum atomic E-state index is 0.569. The van der Waals surface area contributed by atoms with Gasteiger partial charge in [-0.1, -0.05) is 12.8 Å². The number of aldehydes is 1. The van der Waals surface area contributed by atoms with Gasteiger partial charge >= 0.3 is 0 Å². The van der Waals surface area contributed by atoms with Crippen LogP contribution in [0.5, 0.6) is 0 Å². The van der Waals surface area contributed by atoms with Crippen LogP contribution < -0.4 is 4.90 Å². The number of nitriles is 1. The van der Waals surface area contributed by atoms with E-state index in [9.17, 15) is 10.1 Å². The van der Waals surface area contributed by atoms with E-state index in [1.807, 2.05) is 6.07 Å². The van der Waals surface area contributed by atoms with E-state index in [0.29, 0.717) is 11.1 Å². The van der Waals surface area contributed by atoms with Crippen molar-refractivity contribution in [3.8, 4) is 6.07 Å². The first-order chi connectivity index (χ1) is 10.3. The lowest BCUT2D eigenvalue weighted by atomic mass is 10.1. The Morgan fingerprint density at radius 3 is 2.48 bits per heavy atom. The molecule has 1 aliphatic heterocycles. The van der Waals surface area contributed by atoms with E-state index in [0.717, 1.165) is 44.2 Å². The highest BCUT2D eigenvalue weighted by molar-refractivity contribution is 5.78. The number of nitrogens with zero attached hydrogens (tertiary/aromatic N) is 3. The normalized spacial score (nSPS) is 20.4. The molecule has 4 nitrogen and oxygen atoms in total. The summed E-state index contributed by atoms with van der Waals surface area (Å²) in [6.45, 7) is 4.08. The summed E-state index contributed by atoms with van der Waals surface area (Å²) >= 11 is 0. The van der Waals surface area contributed by atoms with Crippen LogP contribution in [0, 0.1) is 11.3 Å². The Morgan fingerprint density at radius 2 is 1.86 bits per heavy atom. The van der Waals surface area contributed by atoms with Crippen LogP contribution in [0.4, 0.5) is 5.69 Å². The number of piperazine rings is 1. The Balaban J connectivity index is 1.69. The molecule has 0 aromatic heterocycles. The van der Waals surface area contributed by atoms with E-state index >= 15 is 0 Å². The largest absolute Gasteiger partial charge is 0.368 e. The molecule has 21 heavy (non-hydrogen) atoms. The van der Waals surface area contributed by atoms with Crippen LogP contribution in [-0.4, -0.2) is 43.4 Å². The van der Waals surface area contributed by atoms with Gasteiger partial charge in [-0.15, -0.1) is 0 Å². The Bertz CT molecular complexity index is 550. The van der Waals surface area contributed by atoms with E-state index < -0.39 is 0 Å². The van der Waals surface area contributed by atoms with Gasteiger partial charge in [-0.25, -0.2) is 0 Å². The summed E-state index contributed by atoms with van der Waals surface area (Å²) in [4.78, 5) is 15.7. The van der Waals surface area contributed by atoms with Crippen molar-refractivity contribution in [2.45, 2.75) is 31.7 Å². The molecule has 1 heterocycles. The molecule has 1 aromatic rings. The Morgan fingerprint density at radius 1 is 1.14 bits per heavy atom. The molecule has 0 radical (unpaired) electrons. The summed E-state index contributed by atoms with van der Waals surface area (Å²) in [6.07, 6.45) is 6.23. The van der Waals surface area contributed by atoms with Gasteiger partial charge in [0.1, 0.15) is 12.4 Å². The van der Waals surface area contributed by atoms with Crippen molar-refractivity contribution in [2.75, 3.05) is 31.1 Å². The average Bonchev–Trinajstić information content (AvgIpc) is 3.09. The van der Waals surface area contributed by atoms with Crippen molar-refractivity contribution in [1.29, 1.82) is 5.26 Å². The zero-order valence-corrected chi connectivity index (χ0v) is 12.3. The Hall–Kier alpha value is -1.86. The fourth-order valence-electron chi connectivity index (χ4n) is 3.59. The molecule has 0 unspecified atom stereocenters. The first-order valence-electron chi connectivity index (χ1n) is 7.80. The fourth-order valence-corrected chi connectivity index (χ4v) is 3.59. The smallest absolute Gasteiger partial charge is 0.150 e. The van der Waals surface area contributed by atoms with Gasteiger partial charge in [-0.05, 0) is 31.0 Å². The average molecular weight is 283 g/mol. The SMILES string of the molecule is N#Cc1cc(C=O)ccc1N1CCN(C2CCCC2)CC1. The van der Waals surface area contributed by atoms with E-state index in [1.54, 1.807) is 12.1 Å². The molecule has 1 aliphatic carbocycles. The predicted octanol–water partition coefficient (Wildman–Crippen LogP) is 2.44. The number of hydrogen-bond donors (Lipinski definition) is 0. The standard InChI is InChI=1S/C17H21N3O/c18-12-15-11-14(13-21)5-6-17(15)20-9-7-19(8-10-20)16-3-1-2-4-16/h5-6,11,13,16H,1-4,7-10H2. The lowest BCUT2D eigenvalue weighted by molar-refractivity contribution is 0.112. The molecule has 1 saturated carbocycles. The quantitative estimate of drug-likeness (QED) is 0.799. The maximum Gasteiger partial charge on any atom is 0.150 e. The summed E-state index contributed by atoms with van der Waals surface area (Å²) in [6, 6.07) is 8.39. The van der Waals surface area contributed by atoms with Crippen LogP contribution in [0.15, 0.2) is 18.2 Å². The summed E-state index contributed by atoms with van der Waals surface area (Å²) < 4.78 is 0. The monoisotopic (exact) mass is 283 g/mol. The second kappa shape index (κ2) is 6.28. The van der Waals surface area contributed by atoms with Crippen molar-refractivity contribution < 1.29 is 4.79 Å². The van der Waals surface area contributed by atoms with E-state index in [1.165, 1.54) is 25.7 Å². The first kappa shape index (κ1) is 14.1. The van der Waals surface area contributed by atoms with Gasteiger partial charge in [0.2, 0.25) is 0 Å². The molecule has 3 rings (SSSR count). The van der Waals surface area contributed by atoms with Crippen LogP contribution in [0.1, 0.15) is 41.6 Å². The van der Waals surface area contributed by atoms with Gasteiger partial charge in [0.05, 0.1) is 11.3 Å². The van der Waals surface area contributed by atoms with Crippen molar-refractivity contribution in [1.82, 2.24) is 4.90 Å². The molecule has 0 bridgehead atoms. The molecule has 1 aromatic carbocycles.